The van der Waals surface area contributed by atoms with E-state index < -0.39 is 59.4 Å². The highest BCUT2D eigenvalue weighted by molar-refractivity contribution is 9.10. The number of pyridine rings is 1. The number of hydrogen-bond acceptors (Lipinski definition) is 5. The molecule has 2 aromatic heterocycles. The van der Waals surface area contributed by atoms with Gasteiger partial charge in [0.2, 0.25) is 5.95 Å². The van der Waals surface area contributed by atoms with Crippen LogP contribution in [0.3, 0.4) is 0 Å². The van der Waals surface area contributed by atoms with Crippen LogP contribution >= 0.6 is 15.9 Å². The van der Waals surface area contributed by atoms with E-state index in [2.05, 4.69) is 30.9 Å². The summed E-state index contributed by atoms with van der Waals surface area (Å²) in [5.74, 6) is 0.0794. The second-order valence-corrected chi connectivity index (χ2v) is 11.9. The molecule has 0 radical (unpaired) electrons. The summed E-state index contributed by atoms with van der Waals surface area (Å²) in [5, 5.41) is 0. The van der Waals surface area contributed by atoms with Crippen LogP contribution in [0.25, 0.3) is 0 Å². The maximum atomic E-state index is 13.8. The number of rotatable bonds is 8. The monoisotopic (exact) mass is 683 g/mol. The molecule has 2 N–H and O–H groups in total. The smallest absolute Gasteiger partial charge is 0.332 e. The van der Waals surface area contributed by atoms with Gasteiger partial charge in [0, 0.05) is 31.7 Å². The number of nitrogens with two attached hydrogens (primary N) is 1. The maximum Gasteiger partial charge on any atom is 0.417 e. The molecule has 1 fully saturated rings. The molecular weight excluding hydrogens is 657 g/mol. The zero-order chi connectivity index (χ0) is 31.8. The molecule has 1 aliphatic carbocycles. The lowest BCUT2D eigenvalue weighted by atomic mass is 9.83. The number of nitrogens with zero attached hydrogens (tertiary/aromatic N) is 4. The Bertz CT molecular complexity index is 1380. The van der Waals surface area contributed by atoms with Crippen LogP contribution < -0.4 is 10.6 Å². The highest BCUT2D eigenvalue weighted by Crippen LogP contribution is 2.39. The van der Waals surface area contributed by atoms with Crippen molar-refractivity contribution in [3.63, 3.8) is 0 Å². The quantitative estimate of drug-likeness (QED) is 0.241. The van der Waals surface area contributed by atoms with Gasteiger partial charge in [-0.25, -0.2) is 9.97 Å². The van der Waals surface area contributed by atoms with Crippen molar-refractivity contribution < 1.29 is 39.5 Å². The molecule has 0 aliphatic heterocycles. The van der Waals surface area contributed by atoms with Crippen molar-refractivity contribution in [3.8, 4) is 0 Å². The molecule has 0 amide bonds. The maximum absolute atomic E-state index is 13.8. The Kier molecular flexibility index (Phi) is 9.36. The topological polar surface area (TPSA) is 67.9 Å². The third-order valence-corrected chi connectivity index (χ3v) is 7.70. The van der Waals surface area contributed by atoms with Gasteiger partial charge in [-0.3, -0.25) is 4.98 Å². The first kappa shape index (κ1) is 33.0. The number of halogens is 10. The Balaban J connectivity index is 1.82. The van der Waals surface area contributed by atoms with Crippen molar-refractivity contribution >= 4 is 21.9 Å². The molecule has 0 saturated heterocycles. The Morgan fingerprint density at radius 1 is 0.767 bits per heavy atom. The lowest BCUT2D eigenvalue weighted by Crippen LogP contribution is -2.38. The van der Waals surface area contributed by atoms with Gasteiger partial charge in [-0.05, 0) is 70.6 Å². The molecule has 5 nitrogen and oxygen atoms in total. The molecule has 0 spiro atoms. The van der Waals surface area contributed by atoms with Gasteiger partial charge in [-0.15, -0.1) is 0 Å². The lowest BCUT2D eigenvalue weighted by Gasteiger charge is -2.32. The van der Waals surface area contributed by atoms with Gasteiger partial charge in [0.1, 0.15) is 0 Å². The molecule has 0 bridgehead atoms. The number of anilines is 1. The van der Waals surface area contributed by atoms with E-state index in [1.165, 1.54) is 17.3 Å². The SMILES string of the molecule is CC(N)(CC1CCCC1)c1ncc(C(F)(F)F)cc1CN(Cc1cc(C(F)(F)F)cc(C(F)(F)F)c1)c1ncc(Br)cn1. The minimum Gasteiger partial charge on any atom is -0.332 e. The van der Waals surface area contributed by atoms with Gasteiger partial charge >= 0.3 is 18.5 Å². The van der Waals surface area contributed by atoms with Gasteiger partial charge in [-0.1, -0.05) is 25.7 Å². The summed E-state index contributed by atoms with van der Waals surface area (Å²) < 4.78 is 123. The molecule has 234 valence electrons. The fourth-order valence-corrected chi connectivity index (χ4v) is 5.62. The fourth-order valence-electron chi connectivity index (χ4n) is 5.41. The van der Waals surface area contributed by atoms with Gasteiger partial charge in [-0.2, -0.15) is 39.5 Å². The van der Waals surface area contributed by atoms with E-state index in [0.29, 0.717) is 29.2 Å². The first-order chi connectivity index (χ1) is 19.8. The highest BCUT2D eigenvalue weighted by atomic mass is 79.9. The molecule has 1 unspecified atom stereocenters. The van der Waals surface area contributed by atoms with Crippen molar-refractivity contribution in [2.24, 2.45) is 11.7 Å². The highest BCUT2D eigenvalue weighted by Gasteiger charge is 2.38. The minimum absolute atomic E-state index is 0.00167. The van der Waals surface area contributed by atoms with Crippen LogP contribution in [0, 0.1) is 5.92 Å². The Morgan fingerprint density at radius 2 is 1.30 bits per heavy atom. The number of alkyl halides is 9. The molecule has 1 saturated carbocycles. The summed E-state index contributed by atoms with van der Waals surface area (Å²) in [7, 11) is 0. The van der Waals surface area contributed by atoms with Crippen molar-refractivity contribution in [2.75, 3.05) is 4.90 Å². The van der Waals surface area contributed by atoms with E-state index >= 15 is 0 Å². The zero-order valence-corrected chi connectivity index (χ0v) is 24.3. The average molecular weight is 684 g/mol. The average Bonchev–Trinajstić information content (AvgIpc) is 3.39. The van der Waals surface area contributed by atoms with Crippen molar-refractivity contribution in [1.29, 1.82) is 0 Å². The van der Waals surface area contributed by atoms with Crippen LogP contribution in [-0.4, -0.2) is 15.0 Å². The predicted octanol–water partition coefficient (Wildman–Crippen LogP) is 8.65. The molecule has 1 aromatic carbocycles. The molecule has 3 aromatic rings. The second kappa shape index (κ2) is 12.2. The van der Waals surface area contributed by atoms with Crippen LogP contribution in [0.5, 0.6) is 0 Å². The van der Waals surface area contributed by atoms with Crippen LogP contribution in [0.4, 0.5) is 45.5 Å². The Morgan fingerprint density at radius 3 is 1.81 bits per heavy atom. The van der Waals surface area contributed by atoms with Crippen molar-refractivity contribution in [2.45, 2.75) is 76.2 Å². The number of benzene rings is 1. The number of hydrogen-bond donors (Lipinski definition) is 1. The van der Waals surface area contributed by atoms with Gasteiger partial charge in [0.15, 0.2) is 0 Å². The van der Waals surface area contributed by atoms with E-state index in [1.54, 1.807) is 6.92 Å². The summed E-state index contributed by atoms with van der Waals surface area (Å²) in [6.07, 6.45) is -7.47. The van der Waals surface area contributed by atoms with Crippen LogP contribution in [0.15, 0.2) is 47.3 Å². The third kappa shape index (κ3) is 8.37. The summed E-state index contributed by atoms with van der Waals surface area (Å²) >= 11 is 3.16. The zero-order valence-electron chi connectivity index (χ0n) is 22.7. The van der Waals surface area contributed by atoms with E-state index in [-0.39, 0.29) is 29.2 Å². The second-order valence-electron chi connectivity index (χ2n) is 11.0. The minimum atomic E-state index is -5.09. The lowest BCUT2D eigenvalue weighted by molar-refractivity contribution is -0.143. The first-order valence-electron chi connectivity index (χ1n) is 13.2. The standard InChI is InChI=1S/C28H27BrF9N5/c1-25(39,10-16-4-2-3-5-16)23-18(8-21(11-40-23)28(36,37)38)15-43(24-41-12-22(29)13-42-24)14-17-6-19(26(30,31)32)9-20(7-17)27(33,34)35/h6-9,11-13,16H,2-5,10,14-15,39H2,1H3. The molecule has 1 aliphatic rings. The van der Waals surface area contributed by atoms with Crippen LogP contribution in [0.2, 0.25) is 0 Å². The molecule has 4 rings (SSSR count). The first-order valence-corrected chi connectivity index (χ1v) is 14.0. The Hall–Kier alpha value is -2.94. The van der Waals surface area contributed by atoms with Crippen molar-refractivity contribution in [1.82, 2.24) is 15.0 Å². The Labute approximate surface area is 249 Å². The molecule has 1 atom stereocenters. The van der Waals surface area contributed by atoms with Crippen LogP contribution in [-0.2, 0) is 37.2 Å². The molecule has 43 heavy (non-hydrogen) atoms. The van der Waals surface area contributed by atoms with E-state index in [9.17, 15) is 39.5 Å². The molecule has 15 heteroatoms. The third-order valence-electron chi connectivity index (χ3n) is 7.29. The largest absolute Gasteiger partial charge is 0.417 e. The summed E-state index contributed by atoms with van der Waals surface area (Å²) in [4.78, 5) is 13.5. The summed E-state index contributed by atoms with van der Waals surface area (Å²) in [6.45, 7) is 0.602. The normalized spacial score (nSPS) is 16.4. The molecular formula is C28H27BrF9N5. The van der Waals surface area contributed by atoms with Gasteiger partial charge in [0.25, 0.3) is 0 Å². The van der Waals surface area contributed by atoms with E-state index in [0.717, 1.165) is 31.7 Å². The molecule has 2 heterocycles. The van der Waals surface area contributed by atoms with E-state index in [1.807, 2.05) is 0 Å². The summed E-state index contributed by atoms with van der Waals surface area (Å²) in [5.41, 5.74) is 1.05. The number of aromatic nitrogens is 3. The van der Waals surface area contributed by atoms with E-state index in [4.69, 9.17) is 5.73 Å². The van der Waals surface area contributed by atoms with Gasteiger partial charge in [0.05, 0.1) is 32.4 Å². The van der Waals surface area contributed by atoms with Gasteiger partial charge < -0.3 is 10.6 Å². The summed E-state index contributed by atoms with van der Waals surface area (Å²) in [6, 6.07) is 1.96. The van der Waals surface area contributed by atoms with Crippen LogP contribution in [0.1, 0.15) is 72.5 Å². The van der Waals surface area contributed by atoms with Crippen molar-refractivity contribution in [3.05, 3.63) is 80.8 Å². The fraction of sp³-hybridized carbons (Fsp3) is 0.464. The predicted molar refractivity (Wildman–Crippen MR) is 143 cm³/mol.